The second-order valence-corrected chi connectivity index (χ2v) is 7.89. The molecule has 6 heteroatoms. The lowest BCUT2D eigenvalue weighted by molar-refractivity contribution is 0.261. The van der Waals surface area contributed by atoms with Crippen LogP contribution in [0.4, 0.5) is 0 Å². The van der Waals surface area contributed by atoms with Crippen molar-refractivity contribution in [2.75, 3.05) is 39.5 Å². The summed E-state index contributed by atoms with van der Waals surface area (Å²) < 4.78 is 0. The molecule has 0 aromatic carbocycles. The first-order valence-corrected chi connectivity index (χ1v) is 9.38. The van der Waals surface area contributed by atoms with Gasteiger partial charge in [-0.3, -0.25) is 4.99 Å². The molecule has 0 aliphatic carbocycles. The molecule has 1 saturated heterocycles. The zero-order valence-corrected chi connectivity index (χ0v) is 18.0. The standard InChI is InChI=1S/C16H34N4S.HI/c1-6-17-16(19-12-15-8-7-9-21-15)18-11-14(20(4)5)10-13(2)3;/h13-15H,6-12H2,1-5H3,(H2,17,18,19);1H. The third-order valence-electron chi connectivity index (χ3n) is 3.80. The number of hydrogen-bond acceptors (Lipinski definition) is 3. The number of halogens is 1. The third kappa shape index (κ3) is 9.45. The van der Waals surface area contributed by atoms with Gasteiger partial charge in [0.15, 0.2) is 5.96 Å². The van der Waals surface area contributed by atoms with E-state index in [1.807, 2.05) is 0 Å². The Morgan fingerprint density at radius 1 is 1.32 bits per heavy atom. The van der Waals surface area contributed by atoms with Gasteiger partial charge in [0, 0.05) is 24.4 Å². The Morgan fingerprint density at radius 2 is 2.05 bits per heavy atom. The topological polar surface area (TPSA) is 39.7 Å². The quantitative estimate of drug-likeness (QED) is 0.345. The summed E-state index contributed by atoms with van der Waals surface area (Å²) in [7, 11) is 4.30. The van der Waals surface area contributed by atoms with E-state index in [-0.39, 0.29) is 24.0 Å². The number of guanidine groups is 1. The van der Waals surface area contributed by atoms with Crippen LogP contribution in [0, 0.1) is 5.92 Å². The summed E-state index contributed by atoms with van der Waals surface area (Å²) in [6.45, 7) is 9.49. The molecule has 0 bridgehead atoms. The Bertz CT molecular complexity index is 305. The minimum Gasteiger partial charge on any atom is -0.357 e. The number of likely N-dealkylation sites (N-methyl/N-ethyl adjacent to an activating group) is 1. The number of hydrogen-bond donors (Lipinski definition) is 2. The summed E-state index contributed by atoms with van der Waals surface area (Å²) in [4.78, 5) is 7.08. The van der Waals surface area contributed by atoms with Crippen molar-refractivity contribution in [1.82, 2.24) is 15.5 Å². The fourth-order valence-corrected chi connectivity index (χ4v) is 3.75. The number of nitrogens with zero attached hydrogens (tertiary/aromatic N) is 2. The number of aliphatic imine (C=N–C) groups is 1. The molecule has 1 fully saturated rings. The lowest BCUT2D eigenvalue weighted by Crippen LogP contribution is -2.41. The first-order valence-electron chi connectivity index (χ1n) is 8.33. The van der Waals surface area contributed by atoms with Gasteiger partial charge >= 0.3 is 0 Å². The average molecular weight is 442 g/mol. The maximum absolute atomic E-state index is 4.79. The van der Waals surface area contributed by atoms with E-state index >= 15 is 0 Å². The summed E-state index contributed by atoms with van der Waals surface area (Å²) in [6.07, 6.45) is 3.89. The average Bonchev–Trinajstić information content (AvgIpc) is 2.92. The molecule has 1 aliphatic heterocycles. The van der Waals surface area contributed by atoms with Crippen LogP contribution in [0.3, 0.4) is 0 Å². The molecule has 0 aromatic rings. The molecule has 22 heavy (non-hydrogen) atoms. The van der Waals surface area contributed by atoms with Gasteiger partial charge in [0.25, 0.3) is 0 Å². The van der Waals surface area contributed by atoms with Crippen LogP contribution in [0.5, 0.6) is 0 Å². The number of thioether (sulfide) groups is 1. The first kappa shape index (κ1) is 22.3. The summed E-state index contributed by atoms with van der Waals surface area (Å²) >= 11 is 2.09. The van der Waals surface area contributed by atoms with Gasteiger partial charge in [-0.2, -0.15) is 11.8 Å². The molecule has 0 radical (unpaired) electrons. The van der Waals surface area contributed by atoms with Crippen LogP contribution in [-0.4, -0.2) is 61.6 Å². The molecule has 4 nitrogen and oxygen atoms in total. The van der Waals surface area contributed by atoms with Gasteiger partial charge in [-0.25, -0.2) is 0 Å². The SMILES string of the molecule is CCNC(=NCC(CC(C)C)N(C)C)NCC1CCCS1.I. The fraction of sp³-hybridized carbons (Fsp3) is 0.938. The largest absolute Gasteiger partial charge is 0.357 e. The van der Waals surface area contributed by atoms with Crippen molar-refractivity contribution >= 4 is 41.7 Å². The van der Waals surface area contributed by atoms with E-state index in [9.17, 15) is 0 Å². The zero-order chi connectivity index (χ0) is 15.7. The summed E-state index contributed by atoms with van der Waals surface area (Å²) in [5.74, 6) is 3.00. The maximum Gasteiger partial charge on any atom is 0.191 e. The van der Waals surface area contributed by atoms with E-state index in [4.69, 9.17) is 4.99 Å². The fourth-order valence-electron chi connectivity index (χ4n) is 2.55. The summed E-state index contributed by atoms with van der Waals surface area (Å²) in [5, 5.41) is 7.63. The van der Waals surface area contributed by atoms with Crippen LogP contribution in [0.2, 0.25) is 0 Å². The van der Waals surface area contributed by atoms with Gasteiger partial charge in [0.1, 0.15) is 0 Å². The van der Waals surface area contributed by atoms with E-state index in [1.165, 1.54) is 25.0 Å². The number of nitrogens with one attached hydrogen (secondary N) is 2. The van der Waals surface area contributed by atoms with E-state index < -0.39 is 0 Å². The molecular weight excluding hydrogens is 407 g/mol. The molecule has 2 atom stereocenters. The Kier molecular flexibility index (Phi) is 12.9. The Morgan fingerprint density at radius 3 is 2.55 bits per heavy atom. The van der Waals surface area contributed by atoms with Crippen LogP contribution in [0.1, 0.15) is 40.0 Å². The zero-order valence-electron chi connectivity index (χ0n) is 14.9. The first-order chi connectivity index (χ1) is 10.0. The molecule has 2 unspecified atom stereocenters. The highest BCUT2D eigenvalue weighted by atomic mass is 127. The van der Waals surface area contributed by atoms with E-state index in [2.05, 4.69) is 62.2 Å². The summed E-state index contributed by atoms with van der Waals surface area (Å²) in [6, 6.07) is 0.515. The van der Waals surface area contributed by atoms with Gasteiger partial charge in [-0.05, 0) is 52.0 Å². The smallest absolute Gasteiger partial charge is 0.191 e. The van der Waals surface area contributed by atoms with Crippen molar-refractivity contribution < 1.29 is 0 Å². The van der Waals surface area contributed by atoms with Gasteiger partial charge in [0.2, 0.25) is 0 Å². The van der Waals surface area contributed by atoms with Crippen molar-refractivity contribution in [2.24, 2.45) is 10.9 Å². The lowest BCUT2D eigenvalue weighted by atomic mass is 10.0. The molecule has 1 aliphatic rings. The second-order valence-electron chi connectivity index (χ2n) is 6.48. The molecule has 1 heterocycles. The van der Waals surface area contributed by atoms with Crippen molar-refractivity contribution in [2.45, 2.75) is 51.3 Å². The van der Waals surface area contributed by atoms with Gasteiger partial charge in [-0.1, -0.05) is 13.8 Å². The predicted octanol–water partition coefficient (Wildman–Crippen LogP) is 3.03. The van der Waals surface area contributed by atoms with E-state index in [0.717, 1.165) is 30.8 Å². The van der Waals surface area contributed by atoms with Crippen LogP contribution in [0.15, 0.2) is 4.99 Å². The lowest BCUT2D eigenvalue weighted by Gasteiger charge is -2.25. The maximum atomic E-state index is 4.79. The molecule has 0 aromatic heterocycles. The second kappa shape index (κ2) is 12.7. The molecular formula is C16H35IN4S. The van der Waals surface area contributed by atoms with Crippen LogP contribution < -0.4 is 10.6 Å². The molecule has 1 rings (SSSR count). The number of rotatable bonds is 8. The molecule has 0 spiro atoms. The van der Waals surface area contributed by atoms with Gasteiger partial charge < -0.3 is 15.5 Å². The van der Waals surface area contributed by atoms with E-state index in [1.54, 1.807) is 0 Å². The minimum absolute atomic E-state index is 0. The highest BCUT2D eigenvalue weighted by Gasteiger charge is 2.16. The van der Waals surface area contributed by atoms with Gasteiger partial charge in [-0.15, -0.1) is 24.0 Å². The monoisotopic (exact) mass is 442 g/mol. The molecule has 132 valence electrons. The predicted molar refractivity (Wildman–Crippen MR) is 112 cm³/mol. The molecule has 2 N–H and O–H groups in total. The van der Waals surface area contributed by atoms with Gasteiger partial charge in [0.05, 0.1) is 6.54 Å². The van der Waals surface area contributed by atoms with E-state index in [0.29, 0.717) is 12.0 Å². The van der Waals surface area contributed by atoms with Crippen molar-refractivity contribution in [3.05, 3.63) is 0 Å². The highest BCUT2D eigenvalue weighted by molar-refractivity contribution is 14.0. The molecule has 0 saturated carbocycles. The van der Waals surface area contributed by atoms with Crippen LogP contribution >= 0.6 is 35.7 Å². The third-order valence-corrected chi connectivity index (χ3v) is 5.20. The van der Waals surface area contributed by atoms with Crippen molar-refractivity contribution in [3.63, 3.8) is 0 Å². The summed E-state index contributed by atoms with van der Waals surface area (Å²) in [5.41, 5.74) is 0. The Hall–Kier alpha value is 0.310. The van der Waals surface area contributed by atoms with Crippen LogP contribution in [-0.2, 0) is 0 Å². The Labute approximate surface area is 158 Å². The highest BCUT2D eigenvalue weighted by Crippen LogP contribution is 2.25. The Balaban J connectivity index is 0.00000441. The van der Waals surface area contributed by atoms with Crippen LogP contribution in [0.25, 0.3) is 0 Å². The normalized spacial score (nSPS) is 20.1. The van der Waals surface area contributed by atoms with Crippen molar-refractivity contribution in [1.29, 1.82) is 0 Å². The minimum atomic E-state index is 0. The molecule has 0 amide bonds. The van der Waals surface area contributed by atoms with Crippen molar-refractivity contribution in [3.8, 4) is 0 Å².